The van der Waals surface area contributed by atoms with Gasteiger partial charge in [0.2, 0.25) is 10.0 Å². The predicted octanol–water partition coefficient (Wildman–Crippen LogP) is 1.71. The summed E-state index contributed by atoms with van der Waals surface area (Å²) in [5.41, 5.74) is 0. The molecule has 0 radical (unpaired) electrons. The van der Waals surface area contributed by atoms with Gasteiger partial charge in [0.25, 0.3) is 0 Å². The first-order valence-electron chi connectivity index (χ1n) is 8.20. The summed E-state index contributed by atoms with van der Waals surface area (Å²) in [4.78, 5) is 4.09. The third-order valence-corrected chi connectivity index (χ3v) is 4.68. The molecule has 26 heavy (non-hydrogen) atoms. The van der Waals surface area contributed by atoms with Gasteiger partial charge in [0.1, 0.15) is 17.7 Å². The Labute approximate surface area is 172 Å². The van der Waals surface area contributed by atoms with E-state index in [4.69, 9.17) is 4.74 Å². The van der Waals surface area contributed by atoms with Crippen molar-refractivity contribution in [3.8, 4) is 5.75 Å². The van der Waals surface area contributed by atoms with Crippen LogP contribution in [0.15, 0.2) is 29.3 Å². The van der Waals surface area contributed by atoms with Crippen molar-refractivity contribution in [3.05, 3.63) is 30.1 Å². The fourth-order valence-electron chi connectivity index (χ4n) is 1.87. The average Bonchev–Trinajstić information content (AvgIpc) is 2.59. The Morgan fingerprint density at radius 2 is 1.88 bits per heavy atom. The first kappa shape index (κ1) is 24.9. The van der Waals surface area contributed by atoms with Crippen LogP contribution in [-0.4, -0.2) is 52.9 Å². The van der Waals surface area contributed by atoms with Crippen LogP contribution in [0.2, 0.25) is 0 Å². The normalized spacial score (nSPS) is 12.8. The van der Waals surface area contributed by atoms with E-state index in [1.165, 1.54) is 12.1 Å². The van der Waals surface area contributed by atoms with Crippen molar-refractivity contribution in [1.82, 2.24) is 15.4 Å². The molecule has 0 saturated carbocycles. The lowest BCUT2D eigenvalue weighted by Crippen LogP contribution is -2.42. The molecule has 0 aliphatic rings. The van der Waals surface area contributed by atoms with Gasteiger partial charge in [-0.05, 0) is 44.5 Å². The van der Waals surface area contributed by atoms with E-state index < -0.39 is 10.0 Å². The van der Waals surface area contributed by atoms with Crippen LogP contribution < -0.4 is 20.1 Å². The zero-order chi connectivity index (χ0) is 18.7. The molecule has 0 aliphatic heterocycles. The largest absolute Gasteiger partial charge is 0.489 e. The van der Waals surface area contributed by atoms with Crippen LogP contribution in [0.5, 0.6) is 5.75 Å². The third kappa shape index (κ3) is 10.8. The van der Waals surface area contributed by atoms with Crippen molar-refractivity contribution in [3.63, 3.8) is 0 Å². The minimum absolute atomic E-state index is 0. The van der Waals surface area contributed by atoms with Gasteiger partial charge < -0.3 is 15.4 Å². The molecular weight excluding hydrogens is 474 g/mol. The number of nitrogens with one attached hydrogen (secondary N) is 3. The van der Waals surface area contributed by atoms with E-state index in [1.54, 1.807) is 26.1 Å². The quantitative estimate of drug-likeness (QED) is 0.196. The smallest absolute Gasteiger partial charge is 0.211 e. The summed E-state index contributed by atoms with van der Waals surface area (Å²) >= 11 is 0. The number of benzene rings is 1. The molecule has 0 saturated heterocycles. The SMILES string of the molecule is CCS(=O)(=O)NCCCNC(=NC)NCC(C)Oc1ccc(F)cc1.I. The summed E-state index contributed by atoms with van der Waals surface area (Å²) in [6, 6.07) is 5.86. The van der Waals surface area contributed by atoms with Gasteiger partial charge in [-0.3, -0.25) is 4.99 Å². The number of ether oxygens (including phenoxy) is 1. The second kappa shape index (κ2) is 13.1. The Morgan fingerprint density at radius 1 is 1.23 bits per heavy atom. The monoisotopic (exact) mass is 502 g/mol. The van der Waals surface area contributed by atoms with Gasteiger partial charge in [-0.1, -0.05) is 0 Å². The molecule has 0 aliphatic carbocycles. The molecule has 0 amide bonds. The van der Waals surface area contributed by atoms with Gasteiger partial charge >= 0.3 is 0 Å². The summed E-state index contributed by atoms with van der Waals surface area (Å²) in [5, 5.41) is 6.22. The highest BCUT2D eigenvalue weighted by Gasteiger charge is 2.07. The topological polar surface area (TPSA) is 91.8 Å². The van der Waals surface area contributed by atoms with Crippen LogP contribution in [-0.2, 0) is 10.0 Å². The van der Waals surface area contributed by atoms with Crippen molar-refractivity contribution in [2.45, 2.75) is 26.4 Å². The molecule has 0 fully saturated rings. The molecule has 7 nitrogen and oxygen atoms in total. The van der Waals surface area contributed by atoms with E-state index in [1.807, 2.05) is 6.92 Å². The molecule has 1 aromatic carbocycles. The minimum atomic E-state index is -3.14. The van der Waals surface area contributed by atoms with Gasteiger partial charge in [0.05, 0.1) is 12.3 Å². The second-order valence-electron chi connectivity index (χ2n) is 5.41. The highest BCUT2D eigenvalue weighted by Crippen LogP contribution is 2.12. The van der Waals surface area contributed by atoms with E-state index in [-0.39, 0.29) is 41.7 Å². The average molecular weight is 502 g/mol. The number of guanidine groups is 1. The molecule has 1 rings (SSSR count). The molecular formula is C16H28FIN4O3S. The number of hydrogen-bond acceptors (Lipinski definition) is 4. The van der Waals surface area contributed by atoms with E-state index in [0.717, 1.165) is 0 Å². The van der Waals surface area contributed by atoms with Crippen LogP contribution in [0.25, 0.3) is 0 Å². The van der Waals surface area contributed by atoms with Crippen molar-refractivity contribution in [2.24, 2.45) is 4.99 Å². The molecule has 150 valence electrons. The van der Waals surface area contributed by atoms with Crippen molar-refractivity contribution in [2.75, 3.05) is 32.4 Å². The lowest BCUT2D eigenvalue weighted by Gasteiger charge is -2.17. The standard InChI is InChI=1S/C16H27FN4O3S.HI/c1-4-25(22,23)21-11-5-10-19-16(18-3)20-12-13(2)24-15-8-6-14(17)7-9-15;/h6-9,13,21H,4-5,10-12H2,1-3H3,(H2,18,19,20);1H. The first-order valence-corrected chi connectivity index (χ1v) is 9.85. The number of hydrogen-bond donors (Lipinski definition) is 3. The Bertz CT molecular complexity index is 641. The van der Waals surface area contributed by atoms with Crippen molar-refractivity contribution in [1.29, 1.82) is 0 Å². The van der Waals surface area contributed by atoms with E-state index >= 15 is 0 Å². The van der Waals surface area contributed by atoms with Crippen LogP contribution >= 0.6 is 24.0 Å². The Hall–Kier alpha value is -1.14. The summed E-state index contributed by atoms with van der Waals surface area (Å²) in [6.07, 6.45) is 0.502. The third-order valence-electron chi connectivity index (χ3n) is 3.28. The van der Waals surface area contributed by atoms with Gasteiger partial charge in [0.15, 0.2) is 5.96 Å². The summed E-state index contributed by atoms with van der Waals surface area (Å²) < 4.78 is 43.6. The molecule has 1 aromatic rings. The fourth-order valence-corrected chi connectivity index (χ4v) is 2.53. The van der Waals surface area contributed by atoms with Crippen LogP contribution in [0.1, 0.15) is 20.3 Å². The number of aliphatic imine (C=N–C) groups is 1. The maximum absolute atomic E-state index is 12.9. The number of rotatable bonds is 10. The summed E-state index contributed by atoms with van der Waals surface area (Å²) in [6.45, 7) is 4.97. The molecule has 10 heteroatoms. The molecule has 0 spiro atoms. The first-order chi connectivity index (χ1) is 11.9. The zero-order valence-corrected chi connectivity index (χ0v) is 18.4. The molecule has 0 bridgehead atoms. The van der Waals surface area contributed by atoms with E-state index in [2.05, 4.69) is 20.3 Å². The van der Waals surface area contributed by atoms with Crippen molar-refractivity contribution < 1.29 is 17.5 Å². The highest BCUT2D eigenvalue weighted by molar-refractivity contribution is 14.0. The van der Waals surface area contributed by atoms with Crippen LogP contribution in [0.3, 0.4) is 0 Å². The molecule has 0 heterocycles. The van der Waals surface area contributed by atoms with Crippen LogP contribution in [0, 0.1) is 5.82 Å². The summed E-state index contributed by atoms with van der Waals surface area (Å²) in [5.74, 6) is 0.981. The molecule has 1 unspecified atom stereocenters. The number of halogens is 2. The molecule has 0 aromatic heterocycles. The maximum Gasteiger partial charge on any atom is 0.211 e. The number of nitrogens with zero attached hydrogens (tertiary/aromatic N) is 1. The minimum Gasteiger partial charge on any atom is -0.489 e. The van der Waals surface area contributed by atoms with Gasteiger partial charge in [-0.2, -0.15) is 0 Å². The summed E-state index contributed by atoms with van der Waals surface area (Å²) in [7, 11) is -1.49. The predicted molar refractivity (Wildman–Crippen MR) is 113 cm³/mol. The Morgan fingerprint density at radius 3 is 2.46 bits per heavy atom. The lowest BCUT2D eigenvalue weighted by molar-refractivity contribution is 0.223. The zero-order valence-electron chi connectivity index (χ0n) is 15.3. The highest BCUT2D eigenvalue weighted by atomic mass is 127. The Balaban J connectivity index is 0.00000625. The molecule has 1 atom stereocenters. The Kier molecular flexibility index (Phi) is 12.5. The fraction of sp³-hybridized carbons (Fsp3) is 0.562. The maximum atomic E-state index is 12.9. The second-order valence-corrected chi connectivity index (χ2v) is 7.51. The van der Waals surface area contributed by atoms with Crippen molar-refractivity contribution >= 4 is 40.0 Å². The van der Waals surface area contributed by atoms with Crippen LogP contribution in [0.4, 0.5) is 4.39 Å². The van der Waals surface area contributed by atoms with E-state index in [9.17, 15) is 12.8 Å². The lowest BCUT2D eigenvalue weighted by atomic mass is 10.3. The van der Waals surface area contributed by atoms with Gasteiger partial charge in [0, 0.05) is 20.1 Å². The van der Waals surface area contributed by atoms with E-state index in [0.29, 0.717) is 37.8 Å². The van der Waals surface area contributed by atoms with Gasteiger partial charge in [-0.25, -0.2) is 17.5 Å². The number of sulfonamides is 1. The van der Waals surface area contributed by atoms with Gasteiger partial charge in [-0.15, -0.1) is 24.0 Å². The molecule has 3 N–H and O–H groups in total.